The number of anilines is 1. The number of rotatable bonds is 9. The topological polar surface area (TPSA) is 169 Å². The highest BCUT2D eigenvalue weighted by Gasteiger charge is 2.31. The molecule has 8 rings (SSSR count). The Kier molecular flexibility index (Phi) is 10.00. The van der Waals surface area contributed by atoms with Crippen LogP contribution >= 0.6 is 0 Å². The SMILES string of the molecule is CC(=O)N1CCc2c(c(-c3cccc4cc(-c5ccc(C(=O)NCCC6CCN(c7ncc(C(=O)O)cn7)CC6)nc5)ncc34)nn2C2CCOCC2)C1. The molecule has 14 nitrogen and oxygen atoms in total. The number of pyridine rings is 2. The van der Waals surface area contributed by atoms with Gasteiger partial charge in [0.1, 0.15) is 5.69 Å². The number of aromatic carboxylic acids is 1. The third kappa shape index (κ3) is 7.25. The summed E-state index contributed by atoms with van der Waals surface area (Å²) in [6, 6.07) is 12.1. The number of hydrogen-bond donors (Lipinski definition) is 2. The lowest BCUT2D eigenvalue weighted by Gasteiger charge is -2.32. The van der Waals surface area contributed by atoms with Crippen molar-refractivity contribution in [1.82, 2.24) is 39.9 Å². The summed E-state index contributed by atoms with van der Waals surface area (Å²) in [6.45, 7) is 6.42. The third-order valence-electron chi connectivity index (χ3n) is 11.0. The van der Waals surface area contributed by atoms with Crippen molar-refractivity contribution in [3.05, 3.63) is 83.7 Å². The van der Waals surface area contributed by atoms with E-state index in [-0.39, 0.29) is 23.4 Å². The zero-order chi connectivity index (χ0) is 37.2. The van der Waals surface area contributed by atoms with E-state index in [0.717, 1.165) is 104 Å². The van der Waals surface area contributed by atoms with Gasteiger partial charge in [0.2, 0.25) is 11.9 Å². The van der Waals surface area contributed by atoms with Crippen molar-refractivity contribution < 1.29 is 24.2 Å². The van der Waals surface area contributed by atoms with Crippen molar-refractivity contribution in [3.63, 3.8) is 0 Å². The van der Waals surface area contributed by atoms with Gasteiger partial charge in [-0.2, -0.15) is 5.10 Å². The fraction of sp³-hybridized carbons (Fsp3) is 0.400. The molecule has 3 aliphatic heterocycles. The van der Waals surface area contributed by atoms with Gasteiger partial charge in [0.15, 0.2) is 0 Å². The maximum Gasteiger partial charge on any atom is 0.338 e. The summed E-state index contributed by atoms with van der Waals surface area (Å²) in [6.07, 6.45) is 11.6. The summed E-state index contributed by atoms with van der Waals surface area (Å²) in [7, 11) is 0. The van der Waals surface area contributed by atoms with Gasteiger partial charge in [-0.05, 0) is 61.6 Å². The number of fused-ring (bicyclic) bond motifs is 2. The highest BCUT2D eigenvalue weighted by molar-refractivity contribution is 5.98. The molecule has 3 aliphatic rings. The molecule has 0 aliphatic carbocycles. The lowest BCUT2D eigenvalue weighted by Crippen LogP contribution is -2.36. The van der Waals surface area contributed by atoms with Gasteiger partial charge in [-0.1, -0.05) is 18.2 Å². The van der Waals surface area contributed by atoms with E-state index in [9.17, 15) is 14.4 Å². The van der Waals surface area contributed by atoms with Gasteiger partial charge in [0.05, 0.1) is 23.0 Å². The van der Waals surface area contributed by atoms with Gasteiger partial charge in [0.25, 0.3) is 5.91 Å². The van der Waals surface area contributed by atoms with E-state index < -0.39 is 5.97 Å². The molecular weight excluding hydrogens is 686 g/mol. The zero-order valence-electron chi connectivity index (χ0n) is 30.3. The van der Waals surface area contributed by atoms with Crippen molar-refractivity contribution in [2.24, 2.45) is 5.92 Å². The zero-order valence-corrected chi connectivity index (χ0v) is 30.3. The largest absolute Gasteiger partial charge is 0.478 e. The molecule has 1 aromatic carbocycles. The Labute approximate surface area is 312 Å². The van der Waals surface area contributed by atoms with Gasteiger partial charge in [-0.15, -0.1) is 0 Å². The molecule has 0 bridgehead atoms. The minimum Gasteiger partial charge on any atom is -0.478 e. The number of piperidine rings is 1. The number of amides is 2. The third-order valence-corrected chi connectivity index (χ3v) is 11.0. The lowest BCUT2D eigenvalue weighted by atomic mass is 9.93. The second-order valence-corrected chi connectivity index (χ2v) is 14.3. The summed E-state index contributed by atoms with van der Waals surface area (Å²) in [5.74, 6) is -0.187. The van der Waals surface area contributed by atoms with Crippen LogP contribution in [-0.4, -0.2) is 96.9 Å². The van der Waals surface area contributed by atoms with E-state index in [1.165, 1.54) is 18.1 Å². The fourth-order valence-corrected chi connectivity index (χ4v) is 7.88. The van der Waals surface area contributed by atoms with Crippen LogP contribution in [0.15, 0.2) is 61.2 Å². The summed E-state index contributed by atoms with van der Waals surface area (Å²) in [5.41, 5.74) is 6.22. The summed E-state index contributed by atoms with van der Waals surface area (Å²) < 4.78 is 7.85. The van der Waals surface area contributed by atoms with Crippen LogP contribution in [0.2, 0.25) is 0 Å². The van der Waals surface area contributed by atoms with Crippen molar-refractivity contribution in [3.8, 4) is 22.5 Å². The highest BCUT2D eigenvalue weighted by atomic mass is 16.5. The minimum atomic E-state index is -1.04. The molecule has 2 amide bonds. The quantitative estimate of drug-likeness (QED) is 0.211. The monoisotopic (exact) mass is 729 g/mol. The van der Waals surface area contributed by atoms with E-state index in [0.29, 0.717) is 37.2 Å². The first kappa shape index (κ1) is 35.3. The maximum absolute atomic E-state index is 13.0. The van der Waals surface area contributed by atoms with Crippen LogP contribution in [0.5, 0.6) is 0 Å². The van der Waals surface area contributed by atoms with Crippen LogP contribution < -0.4 is 10.2 Å². The number of carbonyl (C=O) groups excluding carboxylic acids is 2. The number of aromatic nitrogens is 6. The van der Waals surface area contributed by atoms with Crippen LogP contribution in [0.3, 0.4) is 0 Å². The maximum atomic E-state index is 13.0. The van der Waals surface area contributed by atoms with Crippen molar-refractivity contribution in [2.45, 2.75) is 58.0 Å². The van der Waals surface area contributed by atoms with Crippen LogP contribution in [0, 0.1) is 5.92 Å². The molecule has 0 atom stereocenters. The highest BCUT2D eigenvalue weighted by Crippen LogP contribution is 2.37. The number of carbonyl (C=O) groups is 3. The number of hydrogen-bond acceptors (Lipinski definition) is 10. The second kappa shape index (κ2) is 15.3. The number of carboxylic acids is 1. The fourth-order valence-electron chi connectivity index (χ4n) is 7.88. The van der Waals surface area contributed by atoms with Gasteiger partial charge >= 0.3 is 5.97 Å². The first-order valence-corrected chi connectivity index (χ1v) is 18.7. The lowest BCUT2D eigenvalue weighted by molar-refractivity contribution is -0.129. The van der Waals surface area contributed by atoms with Gasteiger partial charge < -0.3 is 25.0 Å². The minimum absolute atomic E-state index is 0.0700. The summed E-state index contributed by atoms with van der Waals surface area (Å²) in [4.78, 5) is 58.1. The summed E-state index contributed by atoms with van der Waals surface area (Å²) in [5, 5.41) is 19.3. The van der Waals surface area contributed by atoms with Crippen LogP contribution in [0.1, 0.15) is 77.2 Å². The smallest absolute Gasteiger partial charge is 0.338 e. The number of ether oxygens (including phenoxy) is 1. The second-order valence-electron chi connectivity index (χ2n) is 14.3. The summed E-state index contributed by atoms with van der Waals surface area (Å²) >= 11 is 0. The Balaban J connectivity index is 0.916. The standard InChI is InChI=1S/C40H43N9O5/c1-25(50)48-16-10-36-33(24-48)37(46-49(36)30-11-17-54-18-12-30)31-4-2-3-27-19-35(43-23-32(27)31)28-5-6-34(42-20-28)38(51)41-13-7-26-8-14-47(15-9-26)40-44-21-29(22-45-40)39(52)53/h2-6,19-23,26,30H,7-18,24H2,1H3,(H,41,51)(H,52,53). The van der Waals surface area contributed by atoms with Crippen molar-refractivity contribution in [1.29, 1.82) is 0 Å². The van der Waals surface area contributed by atoms with Gasteiger partial charge in [-0.25, -0.2) is 14.8 Å². The van der Waals surface area contributed by atoms with Crippen LogP contribution in [0.25, 0.3) is 33.3 Å². The molecule has 54 heavy (non-hydrogen) atoms. The molecule has 14 heteroatoms. The molecule has 278 valence electrons. The molecular formula is C40H43N9O5. The Hall–Kier alpha value is -5.76. The van der Waals surface area contributed by atoms with E-state index in [4.69, 9.17) is 19.9 Å². The molecule has 0 saturated carbocycles. The number of nitrogens with zero attached hydrogens (tertiary/aromatic N) is 8. The molecule has 0 unspecified atom stereocenters. The van der Waals surface area contributed by atoms with Crippen molar-refractivity contribution in [2.75, 3.05) is 44.3 Å². The Morgan fingerprint density at radius 1 is 0.926 bits per heavy atom. The van der Waals surface area contributed by atoms with E-state index >= 15 is 0 Å². The molecule has 2 saturated heterocycles. The van der Waals surface area contributed by atoms with Crippen molar-refractivity contribution >= 4 is 34.5 Å². The van der Waals surface area contributed by atoms with Crippen LogP contribution in [-0.2, 0) is 22.5 Å². The Bertz CT molecular complexity index is 2170. The molecule has 5 aromatic rings. The molecule has 7 heterocycles. The average molecular weight is 730 g/mol. The normalized spacial score (nSPS) is 16.7. The number of carboxylic acid groups (broad SMARTS) is 1. The van der Waals surface area contributed by atoms with E-state index in [1.54, 1.807) is 19.2 Å². The molecule has 2 N–H and O–H groups in total. The molecule has 0 spiro atoms. The predicted molar refractivity (Wildman–Crippen MR) is 201 cm³/mol. The Morgan fingerprint density at radius 3 is 2.44 bits per heavy atom. The van der Waals surface area contributed by atoms with E-state index in [1.807, 2.05) is 29.3 Å². The molecule has 4 aromatic heterocycles. The van der Waals surface area contributed by atoms with E-state index in [2.05, 4.69) is 42.0 Å². The van der Waals surface area contributed by atoms with Gasteiger partial charge in [0, 0.05) is 112 Å². The first-order valence-electron chi connectivity index (χ1n) is 18.7. The average Bonchev–Trinajstić information content (AvgIpc) is 3.60. The molecule has 0 radical (unpaired) electrons. The predicted octanol–water partition coefficient (Wildman–Crippen LogP) is 4.94. The Morgan fingerprint density at radius 2 is 1.72 bits per heavy atom. The first-order chi connectivity index (χ1) is 26.3. The number of nitrogens with one attached hydrogen (secondary N) is 1. The van der Waals surface area contributed by atoms with Crippen LogP contribution in [0.4, 0.5) is 5.95 Å². The molecule has 2 fully saturated rings. The van der Waals surface area contributed by atoms with Gasteiger partial charge in [-0.3, -0.25) is 24.2 Å². The number of benzene rings is 1.